The first-order valence-corrected chi connectivity index (χ1v) is 4.00. The lowest BCUT2D eigenvalue weighted by Crippen LogP contribution is -1.93. The highest BCUT2D eigenvalue weighted by molar-refractivity contribution is 5.45. The van der Waals surface area contributed by atoms with E-state index in [0.29, 0.717) is 12.3 Å². The van der Waals surface area contributed by atoms with E-state index in [0.717, 1.165) is 12.0 Å². The Hall–Kier alpha value is -1.51. The van der Waals surface area contributed by atoms with Gasteiger partial charge in [0.1, 0.15) is 0 Å². The minimum absolute atomic E-state index is 0.637. The number of hydrogen-bond donors (Lipinski definition) is 0. The molecule has 0 aliphatic heterocycles. The number of methoxy groups -OCH3 is 1. The van der Waals surface area contributed by atoms with Crippen molar-refractivity contribution in [1.29, 1.82) is 0 Å². The van der Waals surface area contributed by atoms with E-state index in [4.69, 9.17) is 10.3 Å². The van der Waals surface area contributed by atoms with Crippen LogP contribution in [0.2, 0.25) is 0 Å². The van der Waals surface area contributed by atoms with E-state index in [9.17, 15) is 0 Å². The lowest BCUT2D eigenvalue weighted by Gasteiger charge is -2.02. The third kappa shape index (κ3) is 2.78. The molecule has 4 heteroatoms. The predicted molar refractivity (Wildman–Crippen MR) is 50.8 cm³/mol. The number of benzene rings is 1. The lowest BCUT2D eigenvalue weighted by molar-refractivity contribution is 0.202. The number of hydrogen-bond acceptors (Lipinski definition) is 2. The minimum Gasteiger partial charge on any atom is -0.384 e. The van der Waals surface area contributed by atoms with Crippen molar-refractivity contribution in [2.24, 2.45) is 5.11 Å². The second kappa shape index (κ2) is 5.19. The maximum Gasteiger partial charge on any atom is 0.0502 e. The second-order valence-corrected chi connectivity index (χ2v) is 2.56. The molecule has 1 rings (SSSR count). The van der Waals surface area contributed by atoms with Gasteiger partial charge in [0, 0.05) is 17.7 Å². The molecule has 4 nitrogen and oxygen atoms in total. The summed E-state index contributed by atoms with van der Waals surface area (Å²) in [4.78, 5) is 2.76. The van der Waals surface area contributed by atoms with Crippen LogP contribution in [0.3, 0.4) is 0 Å². The van der Waals surface area contributed by atoms with Crippen molar-refractivity contribution in [3.8, 4) is 0 Å². The molecule has 68 valence electrons. The first-order chi connectivity index (χ1) is 6.38. The van der Waals surface area contributed by atoms with Crippen LogP contribution in [0.4, 0.5) is 5.69 Å². The lowest BCUT2D eigenvalue weighted by atomic mass is 10.1. The second-order valence-electron chi connectivity index (χ2n) is 2.56. The SMILES string of the molecule is COCCc1ccccc1N=[N+]=[N-]. The Morgan fingerprint density at radius 1 is 1.46 bits per heavy atom. The molecule has 0 amide bonds. The molecule has 0 N–H and O–H groups in total. The van der Waals surface area contributed by atoms with Gasteiger partial charge in [0.15, 0.2) is 0 Å². The van der Waals surface area contributed by atoms with Gasteiger partial charge in [0.25, 0.3) is 0 Å². The van der Waals surface area contributed by atoms with Crippen LogP contribution in [0.1, 0.15) is 5.56 Å². The van der Waals surface area contributed by atoms with Gasteiger partial charge < -0.3 is 4.74 Å². The monoisotopic (exact) mass is 177 g/mol. The summed E-state index contributed by atoms with van der Waals surface area (Å²) in [6.45, 7) is 0.637. The number of nitrogens with zero attached hydrogens (tertiary/aromatic N) is 3. The summed E-state index contributed by atoms with van der Waals surface area (Å²) in [6, 6.07) is 7.50. The topological polar surface area (TPSA) is 58.0 Å². The van der Waals surface area contributed by atoms with E-state index in [-0.39, 0.29) is 0 Å². The Labute approximate surface area is 76.8 Å². The normalized spacial score (nSPS) is 9.31. The van der Waals surface area contributed by atoms with Crippen LogP contribution in [-0.4, -0.2) is 13.7 Å². The van der Waals surface area contributed by atoms with Crippen LogP contribution in [0.5, 0.6) is 0 Å². The van der Waals surface area contributed by atoms with Gasteiger partial charge in [-0.05, 0) is 17.5 Å². The van der Waals surface area contributed by atoms with Gasteiger partial charge in [-0.1, -0.05) is 29.4 Å². The van der Waals surface area contributed by atoms with Crippen LogP contribution in [0.25, 0.3) is 10.4 Å². The summed E-state index contributed by atoms with van der Waals surface area (Å²) in [5.41, 5.74) is 9.99. The van der Waals surface area contributed by atoms with Gasteiger partial charge in [0.05, 0.1) is 6.61 Å². The summed E-state index contributed by atoms with van der Waals surface area (Å²) >= 11 is 0. The van der Waals surface area contributed by atoms with Crippen molar-refractivity contribution in [2.45, 2.75) is 6.42 Å². The minimum atomic E-state index is 0.637. The van der Waals surface area contributed by atoms with Crippen LogP contribution < -0.4 is 0 Å². The molecule has 0 fully saturated rings. The van der Waals surface area contributed by atoms with Crippen molar-refractivity contribution in [3.63, 3.8) is 0 Å². The summed E-state index contributed by atoms with van der Waals surface area (Å²) in [5, 5.41) is 3.58. The molecule has 0 aliphatic rings. The van der Waals surface area contributed by atoms with Crippen LogP contribution in [0.15, 0.2) is 29.4 Å². The molecule has 1 aromatic rings. The molecule has 0 atom stereocenters. The first kappa shape index (κ1) is 9.58. The zero-order chi connectivity index (χ0) is 9.52. The standard InChI is InChI=1S/C9H11N3O/c1-13-7-6-8-4-2-3-5-9(8)11-12-10/h2-5H,6-7H2,1H3. The Kier molecular flexibility index (Phi) is 3.82. The first-order valence-electron chi connectivity index (χ1n) is 4.00. The molecular weight excluding hydrogens is 166 g/mol. The Balaban J connectivity index is 2.84. The van der Waals surface area contributed by atoms with E-state index < -0.39 is 0 Å². The maximum atomic E-state index is 8.30. The van der Waals surface area contributed by atoms with E-state index in [1.165, 1.54) is 0 Å². The van der Waals surface area contributed by atoms with Gasteiger partial charge in [-0.25, -0.2) is 0 Å². The third-order valence-electron chi connectivity index (χ3n) is 1.72. The molecule has 0 aliphatic carbocycles. The fourth-order valence-corrected chi connectivity index (χ4v) is 1.08. The van der Waals surface area contributed by atoms with Crippen LogP contribution >= 0.6 is 0 Å². The number of ether oxygens (including phenoxy) is 1. The Morgan fingerprint density at radius 2 is 2.23 bits per heavy atom. The van der Waals surface area contributed by atoms with Gasteiger partial charge in [-0.3, -0.25) is 0 Å². The van der Waals surface area contributed by atoms with Crippen LogP contribution in [0, 0.1) is 0 Å². The zero-order valence-electron chi connectivity index (χ0n) is 7.47. The maximum absolute atomic E-state index is 8.30. The van der Waals surface area contributed by atoms with Crippen molar-refractivity contribution >= 4 is 5.69 Å². The predicted octanol–water partition coefficient (Wildman–Crippen LogP) is 2.82. The van der Waals surface area contributed by atoms with E-state index in [2.05, 4.69) is 10.0 Å². The van der Waals surface area contributed by atoms with Crippen molar-refractivity contribution in [2.75, 3.05) is 13.7 Å². The summed E-state index contributed by atoms with van der Waals surface area (Å²) < 4.78 is 4.94. The van der Waals surface area contributed by atoms with Gasteiger partial charge >= 0.3 is 0 Å². The number of rotatable bonds is 4. The van der Waals surface area contributed by atoms with Gasteiger partial charge in [-0.15, -0.1) is 0 Å². The highest BCUT2D eigenvalue weighted by Gasteiger charge is 1.97. The highest BCUT2D eigenvalue weighted by Crippen LogP contribution is 2.18. The zero-order valence-corrected chi connectivity index (χ0v) is 7.47. The summed E-state index contributed by atoms with van der Waals surface area (Å²) in [6.07, 6.45) is 0.770. The fraction of sp³-hybridized carbons (Fsp3) is 0.333. The van der Waals surface area contributed by atoms with E-state index >= 15 is 0 Å². The largest absolute Gasteiger partial charge is 0.384 e. The molecule has 0 unspecified atom stereocenters. The van der Waals surface area contributed by atoms with Crippen molar-refractivity contribution in [3.05, 3.63) is 40.3 Å². The highest BCUT2D eigenvalue weighted by atomic mass is 16.5. The molecule has 1 aromatic carbocycles. The third-order valence-corrected chi connectivity index (χ3v) is 1.72. The molecule has 0 radical (unpaired) electrons. The summed E-state index contributed by atoms with van der Waals surface area (Å²) in [5.74, 6) is 0. The molecule has 0 saturated carbocycles. The molecule has 13 heavy (non-hydrogen) atoms. The van der Waals surface area contributed by atoms with Crippen molar-refractivity contribution < 1.29 is 4.74 Å². The number of azide groups is 1. The van der Waals surface area contributed by atoms with E-state index in [1.54, 1.807) is 13.2 Å². The fourth-order valence-electron chi connectivity index (χ4n) is 1.08. The Bertz CT molecular complexity index is 318. The quantitative estimate of drug-likeness (QED) is 0.396. The van der Waals surface area contributed by atoms with Gasteiger partial charge in [0.2, 0.25) is 0 Å². The molecule has 0 aromatic heterocycles. The molecule has 0 heterocycles. The average molecular weight is 177 g/mol. The van der Waals surface area contributed by atoms with Crippen LogP contribution in [-0.2, 0) is 11.2 Å². The molecular formula is C9H11N3O. The smallest absolute Gasteiger partial charge is 0.0502 e. The molecule has 0 spiro atoms. The molecule has 0 saturated heterocycles. The van der Waals surface area contributed by atoms with E-state index in [1.807, 2.05) is 18.2 Å². The average Bonchev–Trinajstić information content (AvgIpc) is 2.17. The Morgan fingerprint density at radius 3 is 2.92 bits per heavy atom. The summed E-state index contributed by atoms with van der Waals surface area (Å²) in [7, 11) is 1.65. The molecule has 0 bridgehead atoms. The van der Waals surface area contributed by atoms with Gasteiger partial charge in [-0.2, -0.15) is 0 Å². The van der Waals surface area contributed by atoms with Crippen molar-refractivity contribution in [1.82, 2.24) is 0 Å².